The van der Waals surface area contributed by atoms with Crippen LogP contribution >= 0.6 is 0 Å². The first-order chi connectivity index (χ1) is 16.4. The topological polar surface area (TPSA) is 90.4 Å². The van der Waals surface area contributed by atoms with Gasteiger partial charge in [0.15, 0.2) is 0 Å². The van der Waals surface area contributed by atoms with Crippen LogP contribution in [0.1, 0.15) is 60.3 Å². The molecular formula is C27H43N3O5. The number of aliphatic hydroxyl groups is 1. The molecule has 2 bridgehead atoms. The van der Waals surface area contributed by atoms with E-state index in [1.807, 2.05) is 34.6 Å². The molecule has 1 N–H and O–H groups in total. The summed E-state index contributed by atoms with van der Waals surface area (Å²) in [5, 5.41) is 9.52. The van der Waals surface area contributed by atoms with Gasteiger partial charge >= 0.3 is 0 Å². The lowest BCUT2D eigenvalue weighted by molar-refractivity contribution is -0.156. The first-order valence-electron chi connectivity index (χ1n) is 12.9. The molecule has 3 saturated heterocycles. The molecule has 8 heteroatoms. The molecule has 2 unspecified atom stereocenters. The van der Waals surface area contributed by atoms with Crippen LogP contribution in [0.2, 0.25) is 0 Å². The van der Waals surface area contributed by atoms with E-state index in [9.17, 15) is 19.5 Å². The summed E-state index contributed by atoms with van der Waals surface area (Å²) in [5.41, 5.74) is -2.37. The van der Waals surface area contributed by atoms with Crippen molar-refractivity contribution in [1.29, 1.82) is 0 Å². The second kappa shape index (κ2) is 10.1. The molecule has 0 aliphatic carbocycles. The zero-order chi connectivity index (χ0) is 26.2. The number of aliphatic hydroxyl groups excluding tert-OH is 1. The van der Waals surface area contributed by atoms with Crippen molar-refractivity contribution in [3.8, 4) is 0 Å². The predicted molar refractivity (Wildman–Crippen MR) is 134 cm³/mol. The summed E-state index contributed by atoms with van der Waals surface area (Å²) in [5.74, 6) is -1.91. The van der Waals surface area contributed by atoms with Crippen molar-refractivity contribution in [2.75, 3.05) is 32.8 Å². The van der Waals surface area contributed by atoms with E-state index >= 15 is 0 Å². The van der Waals surface area contributed by atoms with Gasteiger partial charge in [0.1, 0.15) is 11.6 Å². The third-order valence-electron chi connectivity index (χ3n) is 7.88. The molecule has 0 aromatic carbocycles. The molecule has 1 spiro atoms. The van der Waals surface area contributed by atoms with Crippen LogP contribution in [0.15, 0.2) is 25.3 Å². The third-order valence-corrected chi connectivity index (χ3v) is 7.88. The minimum atomic E-state index is -1.06. The van der Waals surface area contributed by atoms with Crippen LogP contribution < -0.4 is 0 Å². The van der Waals surface area contributed by atoms with Crippen LogP contribution in [0.25, 0.3) is 0 Å². The Labute approximate surface area is 210 Å². The maximum Gasteiger partial charge on any atom is 0.249 e. The SMILES string of the molecule is C=CCN(CCC)C(=O)[C@H]1[C@H]2C(=O)N(CCCO)C(C(=O)N(CC=C)C(C)(C)C)C23CC[C@]1(C)O3. The molecule has 3 heterocycles. The number of hydrogen-bond donors (Lipinski definition) is 1. The molecule has 8 nitrogen and oxygen atoms in total. The molecular weight excluding hydrogens is 446 g/mol. The molecule has 5 atom stereocenters. The molecule has 3 amide bonds. The average molecular weight is 490 g/mol. The Kier molecular flexibility index (Phi) is 7.87. The Balaban J connectivity index is 2.10. The molecule has 0 radical (unpaired) electrons. The van der Waals surface area contributed by atoms with Gasteiger partial charge in [-0.1, -0.05) is 19.1 Å². The summed E-state index contributed by atoms with van der Waals surface area (Å²) in [6.45, 7) is 18.9. The quantitative estimate of drug-likeness (QED) is 0.450. The lowest BCUT2D eigenvalue weighted by atomic mass is 9.66. The average Bonchev–Trinajstić information content (AvgIpc) is 3.35. The molecule has 35 heavy (non-hydrogen) atoms. The van der Waals surface area contributed by atoms with Crippen molar-refractivity contribution >= 4 is 17.7 Å². The number of hydrogen-bond acceptors (Lipinski definition) is 5. The fraction of sp³-hybridized carbons (Fsp3) is 0.741. The van der Waals surface area contributed by atoms with E-state index in [0.717, 1.165) is 6.42 Å². The molecule has 0 aromatic heterocycles. The van der Waals surface area contributed by atoms with Crippen molar-refractivity contribution in [1.82, 2.24) is 14.7 Å². The van der Waals surface area contributed by atoms with Gasteiger partial charge in [-0.25, -0.2) is 0 Å². The smallest absolute Gasteiger partial charge is 0.249 e. The first-order valence-corrected chi connectivity index (χ1v) is 12.9. The Morgan fingerprint density at radius 2 is 1.86 bits per heavy atom. The van der Waals surface area contributed by atoms with Gasteiger partial charge in [-0.15, -0.1) is 13.2 Å². The van der Waals surface area contributed by atoms with Crippen LogP contribution in [0.5, 0.6) is 0 Å². The highest BCUT2D eigenvalue weighted by Crippen LogP contribution is 2.63. The van der Waals surface area contributed by atoms with Crippen molar-refractivity contribution in [3.63, 3.8) is 0 Å². The first kappa shape index (κ1) is 27.4. The summed E-state index contributed by atoms with van der Waals surface area (Å²) in [6, 6.07) is -0.843. The van der Waals surface area contributed by atoms with Crippen molar-refractivity contribution in [2.45, 2.75) is 83.1 Å². The van der Waals surface area contributed by atoms with Gasteiger partial charge in [-0.3, -0.25) is 14.4 Å². The van der Waals surface area contributed by atoms with Crippen molar-refractivity contribution in [2.24, 2.45) is 11.8 Å². The van der Waals surface area contributed by atoms with Crippen LogP contribution in [0, 0.1) is 11.8 Å². The van der Waals surface area contributed by atoms with E-state index in [1.165, 1.54) is 0 Å². The Morgan fingerprint density at radius 1 is 1.20 bits per heavy atom. The second-order valence-electron chi connectivity index (χ2n) is 11.3. The van der Waals surface area contributed by atoms with E-state index in [4.69, 9.17) is 4.74 Å². The zero-order valence-corrected chi connectivity index (χ0v) is 22.1. The van der Waals surface area contributed by atoms with E-state index in [-0.39, 0.29) is 30.9 Å². The van der Waals surface area contributed by atoms with E-state index in [1.54, 1.807) is 26.9 Å². The fourth-order valence-corrected chi connectivity index (χ4v) is 6.45. The van der Waals surface area contributed by atoms with Crippen molar-refractivity contribution < 1.29 is 24.2 Å². The van der Waals surface area contributed by atoms with E-state index < -0.39 is 34.6 Å². The highest BCUT2D eigenvalue weighted by atomic mass is 16.5. The summed E-state index contributed by atoms with van der Waals surface area (Å²) in [6.07, 6.45) is 5.67. The van der Waals surface area contributed by atoms with Crippen LogP contribution in [-0.4, -0.2) is 93.1 Å². The summed E-state index contributed by atoms with van der Waals surface area (Å²) in [7, 11) is 0. The van der Waals surface area contributed by atoms with Gasteiger partial charge in [0, 0.05) is 38.3 Å². The number of amides is 3. The normalized spacial score (nSPS) is 31.4. The number of rotatable bonds is 11. The van der Waals surface area contributed by atoms with E-state index in [0.29, 0.717) is 38.9 Å². The van der Waals surface area contributed by atoms with Gasteiger partial charge in [-0.2, -0.15) is 0 Å². The predicted octanol–water partition coefficient (Wildman–Crippen LogP) is 2.37. The second-order valence-corrected chi connectivity index (χ2v) is 11.3. The minimum absolute atomic E-state index is 0.0947. The summed E-state index contributed by atoms with van der Waals surface area (Å²) < 4.78 is 6.70. The molecule has 0 saturated carbocycles. The maximum absolute atomic E-state index is 14.2. The van der Waals surface area contributed by atoms with Gasteiger partial charge in [0.25, 0.3) is 0 Å². The van der Waals surface area contributed by atoms with Gasteiger partial charge in [0.05, 0.1) is 17.4 Å². The fourth-order valence-electron chi connectivity index (χ4n) is 6.45. The zero-order valence-electron chi connectivity index (χ0n) is 22.1. The number of nitrogens with zero attached hydrogens (tertiary/aromatic N) is 3. The standard InChI is InChI=1S/C27H43N3O5/c1-8-14-28(15-9-2)22(32)19-20-23(33)29(17-11-18-31)21(27(20)13-12-26(19,7)35-27)24(34)30(16-10-3)25(4,5)6/h8,10,19-21,31H,1,3,9,11-18H2,2,4-7H3/t19-,20+,21?,26+,27?/m1/s1. The molecule has 196 valence electrons. The molecule has 3 aliphatic heterocycles. The number of ether oxygens (including phenoxy) is 1. The Morgan fingerprint density at radius 3 is 2.40 bits per heavy atom. The highest BCUT2D eigenvalue weighted by Gasteiger charge is 2.78. The van der Waals surface area contributed by atoms with Crippen LogP contribution in [-0.2, 0) is 19.1 Å². The summed E-state index contributed by atoms with van der Waals surface area (Å²) in [4.78, 5) is 47.1. The van der Waals surface area contributed by atoms with Crippen molar-refractivity contribution in [3.05, 3.63) is 25.3 Å². The Bertz CT molecular complexity index is 867. The number of likely N-dealkylation sites (tertiary alicyclic amines) is 1. The van der Waals surface area contributed by atoms with E-state index in [2.05, 4.69) is 13.2 Å². The van der Waals surface area contributed by atoms with Gasteiger partial charge in [-0.05, 0) is 53.4 Å². The molecule has 3 fully saturated rings. The van der Waals surface area contributed by atoms with Crippen LogP contribution in [0.4, 0.5) is 0 Å². The third kappa shape index (κ3) is 4.44. The monoisotopic (exact) mass is 489 g/mol. The largest absolute Gasteiger partial charge is 0.396 e. The maximum atomic E-state index is 14.2. The number of fused-ring (bicyclic) bond motifs is 1. The van der Waals surface area contributed by atoms with Gasteiger partial charge in [0.2, 0.25) is 17.7 Å². The van der Waals surface area contributed by atoms with Gasteiger partial charge < -0.3 is 24.5 Å². The summed E-state index contributed by atoms with van der Waals surface area (Å²) >= 11 is 0. The highest BCUT2D eigenvalue weighted by molar-refractivity contribution is 5.99. The molecule has 3 aliphatic rings. The molecule has 3 rings (SSSR count). The van der Waals surface area contributed by atoms with Crippen LogP contribution in [0.3, 0.4) is 0 Å². The Hall–Kier alpha value is -2.19. The lowest BCUT2D eigenvalue weighted by Gasteiger charge is -2.42. The number of carbonyl (C=O) groups is 3. The molecule has 0 aromatic rings. The lowest BCUT2D eigenvalue weighted by Crippen LogP contribution is -2.60. The minimum Gasteiger partial charge on any atom is -0.396 e. The number of carbonyl (C=O) groups excluding carboxylic acids is 3.